The number of halogens is 4. The van der Waals surface area contributed by atoms with E-state index in [1.54, 1.807) is 12.1 Å². The number of Topliss-reactive ketones (excluding diaryl/α,β-unsaturated/α-hetero) is 2. The van der Waals surface area contributed by atoms with Crippen molar-refractivity contribution < 1.29 is 36.7 Å². The molecular weight excluding hydrogens is 728 g/mol. The monoisotopic (exact) mass is 780 g/mol. The Bertz CT molecular complexity index is 2000. The molecule has 0 saturated carbocycles. The molecule has 2 aromatic carbocycles. The molecule has 3 aromatic rings. The van der Waals surface area contributed by atoms with Crippen LogP contribution in [0.25, 0.3) is 5.57 Å². The van der Waals surface area contributed by atoms with E-state index in [9.17, 15) is 36.7 Å². The smallest absolute Gasteiger partial charge is 0.343 e. The van der Waals surface area contributed by atoms with Gasteiger partial charge in [0.15, 0.2) is 5.78 Å². The summed E-state index contributed by atoms with van der Waals surface area (Å²) in [5.74, 6) is -4.75. The van der Waals surface area contributed by atoms with Gasteiger partial charge < -0.3 is 5.32 Å². The minimum absolute atomic E-state index is 0.0272. The van der Waals surface area contributed by atoms with Crippen LogP contribution in [0.5, 0.6) is 0 Å². The van der Waals surface area contributed by atoms with Gasteiger partial charge in [0, 0.05) is 37.5 Å². The first-order chi connectivity index (χ1) is 26.3. The zero-order chi connectivity index (χ0) is 41.2. The molecule has 0 spiro atoms. The molecule has 302 valence electrons. The van der Waals surface area contributed by atoms with Crippen LogP contribution in [-0.2, 0) is 43.7 Å². The van der Waals surface area contributed by atoms with Crippen LogP contribution in [0, 0.1) is 29.5 Å². The van der Waals surface area contributed by atoms with E-state index < -0.39 is 58.1 Å². The summed E-state index contributed by atoms with van der Waals surface area (Å²) in [5.41, 5.74) is -0.732. The topological polar surface area (TPSA) is 136 Å². The first kappa shape index (κ1) is 42.4. The fraction of sp³-hybridized carbons (Fsp3) is 0.548. The Balaban J connectivity index is 1.49. The Morgan fingerprint density at radius 2 is 1.57 bits per heavy atom. The predicted octanol–water partition coefficient (Wildman–Crippen LogP) is 8.06. The second-order valence-electron chi connectivity index (χ2n) is 16.5. The molecule has 2 N–H and O–H groups in total. The molecular formula is C42H52F4N6O4. The molecule has 2 aliphatic carbocycles. The van der Waals surface area contributed by atoms with Gasteiger partial charge in [0.1, 0.15) is 17.1 Å². The predicted molar refractivity (Wildman–Crippen MR) is 203 cm³/mol. The fourth-order valence-corrected chi connectivity index (χ4v) is 7.78. The highest BCUT2D eigenvalue weighted by Crippen LogP contribution is 2.49. The number of allylic oxidation sites excluding steroid dienone is 1. The highest BCUT2D eigenvalue weighted by Gasteiger charge is 2.48. The van der Waals surface area contributed by atoms with Crippen molar-refractivity contribution in [3.05, 3.63) is 76.1 Å². The summed E-state index contributed by atoms with van der Waals surface area (Å²) < 4.78 is 56.9. The summed E-state index contributed by atoms with van der Waals surface area (Å²) in [6, 6.07) is 9.95. The van der Waals surface area contributed by atoms with E-state index in [1.165, 1.54) is 29.1 Å². The standard InChI is InChI=1S/C42H52F4N6O4/c1-8-24(3)30(21-28(53)19-27-13-10-11-16-35(27)43)38(56)48-41(18-17-26-20-32-29(33(26)23-41)14-12-15-34(32)42(44,45)46)36(54)22-31(25(4)9-2)37(55)47-39-49-51-52(50-39)40(5,6)7/h10-16,24-25,30-31H,8-9,17-23H2,1-7H3,(H,48,56)(H,47,50,55)/t24?,25?,30-,31-,41+/m0/s1. The Morgan fingerprint density at radius 1 is 0.911 bits per heavy atom. The maximum atomic E-state index is 14.9. The van der Waals surface area contributed by atoms with Gasteiger partial charge in [-0.2, -0.15) is 18.0 Å². The van der Waals surface area contributed by atoms with E-state index in [1.807, 2.05) is 48.5 Å². The third-order valence-corrected chi connectivity index (χ3v) is 11.6. The quantitative estimate of drug-likeness (QED) is 0.149. The van der Waals surface area contributed by atoms with Gasteiger partial charge in [-0.25, -0.2) is 4.39 Å². The molecule has 2 aliphatic rings. The lowest BCUT2D eigenvalue weighted by molar-refractivity contribution is -0.138. The van der Waals surface area contributed by atoms with Gasteiger partial charge in [-0.05, 0) is 91.5 Å². The van der Waals surface area contributed by atoms with Crippen molar-refractivity contribution >= 4 is 34.9 Å². The Hall–Kier alpha value is -4.75. The van der Waals surface area contributed by atoms with Crippen LogP contribution in [0.1, 0.15) is 116 Å². The number of aromatic nitrogens is 4. The van der Waals surface area contributed by atoms with Gasteiger partial charge >= 0.3 is 6.18 Å². The maximum absolute atomic E-state index is 14.9. The lowest BCUT2D eigenvalue weighted by atomic mass is 9.71. The number of carbonyl (C=O) groups excluding carboxylic acids is 4. The van der Waals surface area contributed by atoms with Gasteiger partial charge in [0.05, 0.1) is 11.1 Å². The van der Waals surface area contributed by atoms with Crippen LogP contribution in [0.2, 0.25) is 0 Å². The van der Waals surface area contributed by atoms with Crippen molar-refractivity contribution in [1.82, 2.24) is 25.5 Å². The zero-order valence-electron chi connectivity index (χ0n) is 33.1. The molecule has 56 heavy (non-hydrogen) atoms. The van der Waals surface area contributed by atoms with Gasteiger partial charge in [-0.15, -0.1) is 5.10 Å². The lowest BCUT2D eigenvalue weighted by Crippen LogP contribution is -2.58. The molecule has 2 amide bonds. The van der Waals surface area contributed by atoms with E-state index in [4.69, 9.17) is 0 Å². The average molecular weight is 781 g/mol. The first-order valence-corrected chi connectivity index (χ1v) is 19.4. The number of hydrogen-bond donors (Lipinski definition) is 2. The summed E-state index contributed by atoms with van der Waals surface area (Å²) in [4.78, 5) is 58.0. The number of amides is 2. The summed E-state index contributed by atoms with van der Waals surface area (Å²) in [6.07, 6.45) is -3.87. The largest absolute Gasteiger partial charge is 0.416 e. The fourth-order valence-electron chi connectivity index (χ4n) is 7.78. The lowest BCUT2D eigenvalue weighted by Gasteiger charge is -2.40. The maximum Gasteiger partial charge on any atom is 0.416 e. The van der Waals surface area contributed by atoms with Crippen LogP contribution >= 0.6 is 0 Å². The molecule has 0 radical (unpaired) electrons. The minimum Gasteiger partial charge on any atom is -0.343 e. The highest BCUT2D eigenvalue weighted by atomic mass is 19.4. The second kappa shape index (κ2) is 16.8. The summed E-state index contributed by atoms with van der Waals surface area (Å²) in [5, 5.41) is 18.0. The number of benzene rings is 2. The van der Waals surface area contributed by atoms with Crippen LogP contribution in [0.4, 0.5) is 23.5 Å². The number of fused-ring (bicyclic) bond motifs is 2. The molecule has 5 rings (SSSR count). The number of rotatable bonds is 15. The molecule has 0 aliphatic heterocycles. The molecule has 10 nitrogen and oxygen atoms in total. The van der Waals surface area contributed by atoms with Gasteiger partial charge in [-0.3, -0.25) is 24.5 Å². The van der Waals surface area contributed by atoms with Crippen molar-refractivity contribution in [1.29, 1.82) is 0 Å². The van der Waals surface area contributed by atoms with Crippen LogP contribution in [-0.4, -0.2) is 49.1 Å². The first-order valence-electron chi connectivity index (χ1n) is 19.4. The molecule has 1 aromatic heterocycles. The van der Waals surface area contributed by atoms with Crippen molar-refractivity contribution in [3.8, 4) is 0 Å². The molecule has 0 saturated heterocycles. The van der Waals surface area contributed by atoms with E-state index >= 15 is 0 Å². The highest BCUT2D eigenvalue weighted by molar-refractivity contribution is 6.01. The number of carbonyl (C=O) groups is 4. The summed E-state index contributed by atoms with van der Waals surface area (Å²) in [7, 11) is 0. The molecule has 0 fully saturated rings. The average Bonchev–Trinajstić information content (AvgIpc) is 3.77. The zero-order valence-corrected chi connectivity index (χ0v) is 33.1. The van der Waals surface area contributed by atoms with Crippen LogP contribution in [0.3, 0.4) is 0 Å². The Kier molecular flexibility index (Phi) is 12.7. The van der Waals surface area contributed by atoms with Crippen molar-refractivity contribution in [2.75, 3.05) is 5.32 Å². The Labute approximate surface area is 325 Å². The summed E-state index contributed by atoms with van der Waals surface area (Å²) in [6.45, 7) is 13.1. The number of alkyl halides is 3. The van der Waals surface area contributed by atoms with E-state index in [0.717, 1.165) is 11.6 Å². The van der Waals surface area contributed by atoms with Crippen molar-refractivity contribution in [3.63, 3.8) is 0 Å². The molecule has 0 bridgehead atoms. The summed E-state index contributed by atoms with van der Waals surface area (Å²) >= 11 is 0. The SMILES string of the molecule is CCC(C)[C@H](CC(=O)[C@@]1(NC(=O)[C@@H](CC(=O)Cc2ccccc2F)C(C)CC)CCC2=C(C1)c1cccc(C(F)(F)F)c1C2)C(=O)Nc1nnn(C(C)(C)C)n1. The van der Waals surface area contributed by atoms with E-state index in [-0.39, 0.29) is 79.6 Å². The molecule has 14 heteroatoms. The number of ketones is 2. The normalized spacial score (nSPS) is 19.1. The molecule has 5 atom stereocenters. The number of nitrogens with zero attached hydrogens (tertiary/aromatic N) is 4. The van der Waals surface area contributed by atoms with Crippen LogP contribution < -0.4 is 10.6 Å². The number of tetrazole rings is 1. The molecule has 1 heterocycles. The van der Waals surface area contributed by atoms with Crippen molar-refractivity contribution in [2.24, 2.45) is 23.7 Å². The van der Waals surface area contributed by atoms with E-state index in [0.29, 0.717) is 24.0 Å². The van der Waals surface area contributed by atoms with Gasteiger partial charge in [0.2, 0.25) is 11.8 Å². The third-order valence-electron chi connectivity index (χ3n) is 11.6. The Morgan fingerprint density at radius 3 is 2.18 bits per heavy atom. The molecule has 2 unspecified atom stereocenters. The second-order valence-corrected chi connectivity index (χ2v) is 16.5. The van der Waals surface area contributed by atoms with Crippen LogP contribution in [0.15, 0.2) is 48.0 Å². The van der Waals surface area contributed by atoms with Crippen molar-refractivity contribution in [2.45, 2.75) is 124 Å². The van der Waals surface area contributed by atoms with E-state index in [2.05, 4.69) is 26.0 Å². The van der Waals surface area contributed by atoms with Gasteiger partial charge in [-0.1, -0.05) is 81.5 Å². The number of hydrogen-bond acceptors (Lipinski definition) is 7. The number of anilines is 1. The van der Waals surface area contributed by atoms with Gasteiger partial charge in [0.25, 0.3) is 5.95 Å². The number of nitrogens with one attached hydrogen (secondary N) is 2. The minimum atomic E-state index is -4.58. The third kappa shape index (κ3) is 9.26.